The third-order valence-corrected chi connectivity index (χ3v) is 5.08. The molecular formula is C8H20FN2Nd. The van der Waals surface area contributed by atoms with Gasteiger partial charge in [-0.1, -0.05) is 0 Å². The third-order valence-electron chi connectivity index (χ3n) is 1.46. The van der Waals surface area contributed by atoms with E-state index in [1.807, 2.05) is 0 Å². The van der Waals surface area contributed by atoms with E-state index in [1.54, 1.807) is 0 Å². The standard InChI is InChI=1S/2C4H10N.FH.Nd/c2*1-3-4-5-2;;/h2*3-4H2,1-2H3;1H;/q2*-1;;+3/p-1. The SMILES string of the molecule is CCC[N](C)[Nd+][N](C)CCC.[F-]. The Balaban J connectivity index is 0. The second kappa shape index (κ2) is 10.3. The molecule has 0 aliphatic carbocycles. The maximum absolute atomic E-state index is 2.55. The summed E-state index contributed by atoms with van der Waals surface area (Å²) in [6.07, 6.45) is 2.59. The van der Waals surface area contributed by atoms with Crippen LogP contribution in [0.15, 0.2) is 0 Å². The maximum Gasteiger partial charge on any atom is -1.00 e. The summed E-state index contributed by atoms with van der Waals surface area (Å²) in [7, 11) is 4.53. The Morgan fingerprint density at radius 3 is 1.50 bits per heavy atom. The topological polar surface area (TPSA) is 6.48 Å². The Bertz CT molecular complexity index is 83.1. The van der Waals surface area contributed by atoms with Gasteiger partial charge in [0.05, 0.1) is 0 Å². The molecule has 0 heterocycles. The molecule has 0 fully saturated rings. The molecule has 0 saturated heterocycles. The second-order valence-electron chi connectivity index (χ2n) is 2.94. The second-order valence-corrected chi connectivity index (χ2v) is 8.48. The molecule has 0 aromatic carbocycles. The smallest absolute Gasteiger partial charge is 1.00 e. The number of rotatable bonds is 6. The summed E-state index contributed by atoms with van der Waals surface area (Å²) in [5.41, 5.74) is 0. The first-order chi connectivity index (χ1) is 5.20. The van der Waals surface area contributed by atoms with Crippen LogP contribution in [-0.4, -0.2) is 29.2 Å². The van der Waals surface area contributed by atoms with Crippen LogP contribution in [0, 0.1) is 37.5 Å². The fourth-order valence-electron chi connectivity index (χ4n) is 1.06. The molecule has 0 saturated carbocycles. The molecule has 73 valence electrons. The van der Waals surface area contributed by atoms with Gasteiger partial charge in [0.15, 0.2) is 0 Å². The van der Waals surface area contributed by atoms with Gasteiger partial charge < -0.3 is 4.70 Å². The molecule has 0 unspecified atom stereocenters. The fraction of sp³-hybridized carbons (Fsp3) is 1.00. The Hall–Kier alpha value is 1.20. The quantitative estimate of drug-likeness (QED) is 0.595. The molecule has 12 heavy (non-hydrogen) atoms. The van der Waals surface area contributed by atoms with Gasteiger partial charge >= 0.3 is 93.3 Å². The molecular weight excluding hydrogens is 287 g/mol. The predicted molar refractivity (Wildman–Crippen MR) is 45.8 cm³/mol. The largest absolute Gasteiger partial charge is 1.00 e. The zero-order valence-electron chi connectivity index (χ0n) is 8.60. The molecule has 0 aliphatic heterocycles. The Morgan fingerprint density at radius 2 is 1.25 bits per heavy atom. The molecule has 0 radical (unpaired) electrons. The van der Waals surface area contributed by atoms with Crippen molar-refractivity contribution in [1.29, 1.82) is 0 Å². The Kier molecular flexibility index (Phi) is 13.4. The summed E-state index contributed by atoms with van der Waals surface area (Å²) in [6, 6.07) is 0. The first-order valence-corrected chi connectivity index (χ1v) is 7.26. The van der Waals surface area contributed by atoms with E-state index in [0.717, 1.165) is 0 Å². The monoisotopic (exact) mass is 305 g/mol. The van der Waals surface area contributed by atoms with E-state index < -0.39 is 37.5 Å². The first-order valence-electron chi connectivity index (χ1n) is 4.39. The van der Waals surface area contributed by atoms with Crippen LogP contribution in [0.5, 0.6) is 0 Å². The molecule has 0 rings (SSSR count). The van der Waals surface area contributed by atoms with Crippen molar-refractivity contribution in [3.05, 3.63) is 0 Å². The van der Waals surface area contributed by atoms with Crippen molar-refractivity contribution in [1.82, 2.24) is 1.97 Å². The summed E-state index contributed by atoms with van der Waals surface area (Å²) in [5, 5.41) is 0. The number of hydrogen-bond donors (Lipinski definition) is 0. The maximum atomic E-state index is 2.55. The van der Waals surface area contributed by atoms with E-state index >= 15 is 0 Å². The van der Waals surface area contributed by atoms with Crippen molar-refractivity contribution in [3.8, 4) is 0 Å². The van der Waals surface area contributed by atoms with Crippen LogP contribution >= 0.6 is 0 Å². The average Bonchev–Trinajstić information content (AvgIpc) is 1.87. The van der Waals surface area contributed by atoms with E-state index in [-0.39, 0.29) is 4.70 Å². The molecule has 4 heteroatoms. The van der Waals surface area contributed by atoms with Gasteiger partial charge in [0.1, 0.15) is 0 Å². The Morgan fingerprint density at radius 1 is 0.917 bits per heavy atom. The molecule has 0 atom stereocenters. The van der Waals surface area contributed by atoms with Crippen LogP contribution < -0.4 is 4.70 Å². The molecule has 0 spiro atoms. The van der Waals surface area contributed by atoms with E-state index in [9.17, 15) is 0 Å². The zero-order chi connectivity index (χ0) is 8.69. The molecule has 0 bridgehead atoms. The number of hydrogen-bond acceptors (Lipinski definition) is 2. The normalized spacial score (nSPS) is 9.83. The van der Waals surface area contributed by atoms with Crippen molar-refractivity contribution < 1.29 is 42.2 Å². The van der Waals surface area contributed by atoms with E-state index in [1.165, 1.54) is 25.9 Å². The van der Waals surface area contributed by atoms with Crippen LogP contribution in [0.1, 0.15) is 26.7 Å². The van der Waals surface area contributed by atoms with Crippen molar-refractivity contribution in [2.45, 2.75) is 26.7 Å². The van der Waals surface area contributed by atoms with Crippen LogP contribution in [0.2, 0.25) is 0 Å². The molecule has 0 N–H and O–H groups in total. The predicted octanol–water partition coefficient (Wildman–Crippen LogP) is -1.41. The summed E-state index contributed by atoms with van der Waals surface area (Å²) < 4.78 is 5.10. The molecule has 2 nitrogen and oxygen atoms in total. The zero-order valence-corrected chi connectivity index (χ0v) is 11.8. The average molecular weight is 308 g/mol. The summed E-state index contributed by atoms with van der Waals surface area (Å²) in [4.78, 5) is 0. The van der Waals surface area contributed by atoms with Crippen LogP contribution in [0.3, 0.4) is 0 Å². The number of halogens is 1. The summed E-state index contributed by atoms with van der Waals surface area (Å²) in [6.45, 7) is 7.08. The molecule has 0 aromatic rings. The van der Waals surface area contributed by atoms with Crippen LogP contribution in [0.4, 0.5) is 0 Å². The summed E-state index contributed by atoms with van der Waals surface area (Å²) in [5.74, 6) is 0. The molecule has 0 amide bonds. The molecule has 0 aliphatic rings. The fourth-order valence-corrected chi connectivity index (χ4v) is 5.01. The van der Waals surface area contributed by atoms with E-state index in [4.69, 9.17) is 0 Å². The van der Waals surface area contributed by atoms with Gasteiger partial charge in [-0.15, -0.1) is 0 Å². The van der Waals surface area contributed by atoms with Gasteiger partial charge in [0, 0.05) is 0 Å². The van der Waals surface area contributed by atoms with Gasteiger partial charge in [-0.05, 0) is 0 Å². The van der Waals surface area contributed by atoms with Gasteiger partial charge in [0.2, 0.25) is 0 Å². The van der Waals surface area contributed by atoms with E-state index in [0.29, 0.717) is 0 Å². The minimum Gasteiger partial charge on any atom is -1.00 e. The summed E-state index contributed by atoms with van der Waals surface area (Å²) >= 11 is -0.573. The first kappa shape index (κ1) is 15.7. The van der Waals surface area contributed by atoms with Crippen LogP contribution in [0.25, 0.3) is 0 Å². The van der Waals surface area contributed by atoms with Gasteiger partial charge in [-0.25, -0.2) is 0 Å². The number of nitrogens with zero attached hydrogens (tertiary/aromatic N) is 2. The minimum absolute atomic E-state index is 0. The van der Waals surface area contributed by atoms with Gasteiger partial charge in [-0.2, -0.15) is 0 Å². The van der Waals surface area contributed by atoms with Crippen molar-refractivity contribution in [2.75, 3.05) is 27.2 Å². The van der Waals surface area contributed by atoms with Crippen molar-refractivity contribution in [2.24, 2.45) is 0 Å². The van der Waals surface area contributed by atoms with E-state index in [2.05, 4.69) is 29.9 Å². The van der Waals surface area contributed by atoms with Crippen molar-refractivity contribution in [3.63, 3.8) is 0 Å². The third kappa shape index (κ3) is 9.29. The van der Waals surface area contributed by atoms with Gasteiger partial charge in [-0.3, -0.25) is 0 Å². The van der Waals surface area contributed by atoms with Crippen LogP contribution in [-0.2, 0) is 0 Å². The molecule has 0 aromatic heterocycles. The minimum atomic E-state index is -0.573. The van der Waals surface area contributed by atoms with Crippen molar-refractivity contribution >= 4 is 0 Å². The van der Waals surface area contributed by atoms with Gasteiger partial charge in [0.25, 0.3) is 0 Å². The Labute approximate surface area is 97.1 Å².